The molecule has 37 heavy (non-hydrogen) atoms. The van der Waals surface area contributed by atoms with Crippen LogP contribution < -0.4 is 4.74 Å². The Kier molecular flexibility index (Phi) is 10.0. The van der Waals surface area contributed by atoms with Gasteiger partial charge < -0.3 is 14.8 Å². The summed E-state index contributed by atoms with van der Waals surface area (Å²) >= 11 is 0. The normalized spacial score (nSPS) is 16.9. The van der Waals surface area contributed by atoms with Crippen LogP contribution >= 0.6 is 0 Å². The number of sulfone groups is 1. The molecule has 0 spiro atoms. The second-order valence-electron chi connectivity index (χ2n) is 9.75. The first-order valence-corrected chi connectivity index (χ1v) is 14.2. The average Bonchev–Trinajstić information content (AvgIpc) is 3.47. The van der Waals surface area contributed by atoms with E-state index in [1.807, 2.05) is 6.92 Å². The fourth-order valence-electron chi connectivity index (χ4n) is 4.48. The monoisotopic (exact) mass is 547 g/mol. The van der Waals surface area contributed by atoms with E-state index in [1.165, 1.54) is 24.3 Å². The van der Waals surface area contributed by atoms with Crippen LogP contribution in [0.25, 0.3) is 0 Å². The van der Waals surface area contributed by atoms with Gasteiger partial charge in [-0.25, -0.2) is 12.8 Å². The molecule has 1 aromatic heterocycles. The first-order valence-electron chi connectivity index (χ1n) is 12.3. The zero-order valence-electron chi connectivity index (χ0n) is 22.0. The van der Waals surface area contributed by atoms with E-state index >= 15 is 0 Å². The maximum atomic E-state index is 14.1. The molecule has 10 heteroatoms. The Bertz CT molecular complexity index is 1190. The van der Waals surface area contributed by atoms with Gasteiger partial charge in [0.25, 0.3) is 0 Å². The third-order valence-corrected chi connectivity index (χ3v) is 7.82. The summed E-state index contributed by atoms with van der Waals surface area (Å²) in [5, 5.41) is 10.9. The number of aromatic amines is 1. The van der Waals surface area contributed by atoms with Gasteiger partial charge in [0.05, 0.1) is 11.5 Å². The molecule has 2 aromatic rings. The summed E-state index contributed by atoms with van der Waals surface area (Å²) in [6, 6.07) is 5.50. The van der Waals surface area contributed by atoms with Gasteiger partial charge in [-0.3, -0.25) is 0 Å². The highest BCUT2D eigenvalue weighted by atomic mass is 32.2. The highest BCUT2D eigenvalue weighted by Crippen LogP contribution is 2.48. The second-order valence-corrected chi connectivity index (χ2v) is 11.8. The lowest BCUT2D eigenvalue weighted by Crippen LogP contribution is -2.51. The summed E-state index contributed by atoms with van der Waals surface area (Å²) < 4.78 is 85.4. The molecule has 0 fully saturated rings. The van der Waals surface area contributed by atoms with Crippen molar-refractivity contribution in [2.75, 3.05) is 12.9 Å². The molecule has 208 valence electrons. The van der Waals surface area contributed by atoms with Crippen LogP contribution in [-0.2, 0) is 34.8 Å². The SMILES string of the molecule is C/C=C/CC.CCC(C)(CC(O)(Cc1ccc(CF)[nH]1)C(F)(F)F)c1cc(S(C)(=O)=O)cc2c1OCC2. The van der Waals surface area contributed by atoms with Crippen molar-refractivity contribution < 1.29 is 35.8 Å². The van der Waals surface area contributed by atoms with Gasteiger partial charge in [0.1, 0.15) is 12.4 Å². The molecule has 0 bridgehead atoms. The predicted octanol–water partition coefficient (Wildman–Crippen LogP) is 6.39. The number of aliphatic hydroxyl groups is 1. The Balaban J connectivity index is 0.000000877. The quantitative estimate of drug-likeness (QED) is 0.282. The van der Waals surface area contributed by atoms with E-state index in [-0.39, 0.29) is 22.7 Å². The van der Waals surface area contributed by atoms with Crippen LogP contribution in [0.2, 0.25) is 0 Å². The molecular formula is C27H37F4NO4S. The molecule has 2 N–H and O–H groups in total. The van der Waals surface area contributed by atoms with Crippen LogP contribution in [-0.4, -0.2) is 43.1 Å². The molecule has 0 radical (unpaired) electrons. The van der Waals surface area contributed by atoms with Gasteiger partial charge in [-0.1, -0.05) is 32.9 Å². The van der Waals surface area contributed by atoms with Crippen molar-refractivity contribution in [3.05, 3.63) is 58.9 Å². The first-order chi connectivity index (χ1) is 17.1. The molecule has 0 amide bonds. The highest BCUT2D eigenvalue weighted by molar-refractivity contribution is 7.90. The maximum Gasteiger partial charge on any atom is 0.417 e. The summed E-state index contributed by atoms with van der Waals surface area (Å²) in [6.07, 6.45) is 0.517. The molecule has 0 saturated heterocycles. The van der Waals surface area contributed by atoms with Crippen LogP contribution in [0.1, 0.15) is 69.5 Å². The standard InChI is InChI=1S/C22H27F4NO4S.C5H10/c1-4-20(2,18-10-17(32(3,29)30)9-14-7-8-31-19(14)18)13-21(28,22(24,25)26)11-15-5-6-16(12-23)27-15;1-3-5-4-2/h5-6,9-10,27-28H,4,7-8,11-13H2,1-3H3;3,5H,4H2,1-2H3/b;5-3+. The van der Waals surface area contributed by atoms with E-state index < -0.39 is 46.5 Å². The van der Waals surface area contributed by atoms with Crippen LogP contribution in [0.5, 0.6) is 5.75 Å². The van der Waals surface area contributed by atoms with Gasteiger partial charge in [0, 0.05) is 36.0 Å². The summed E-state index contributed by atoms with van der Waals surface area (Å²) in [5.74, 6) is 0.380. The minimum atomic E-state index is -4.98. The number of fused-ring (bicyclic) bond motifs is 1. The van der Waals surface area contributed by atoms with Crippen LogP contribution in [0.3, 0.4) is 0 Å². The number of nitrogens with one attached hydrogen (secondary N) is 1. The van der Waals surface area contributed by atoms with Crippen LogP contribution in [0.15, 0.2) is 41.3 Å². The minimum Gasteiger partial charge on any atom is -0.493 e. The summed E-state index contributed by atoms with van der Waals surface area (Å²) in [7, 11) is -3.62. The van der Waals surface area contributed by atoms with Gasteiger partial charge >= 0.3 is 6.18 Å². The Labute approximate surface area is 216 Å². The zero-order chi connectivity index (χ0) is 28.1. The number of allylic oxidation sites excluding steroid dienone is 2. The van der Waals surface area contributed by atoms with Gasteiger partial charge in [-0.2, -0.15) is 13.2 Å². The van der Waals surface area contributed by atoms with Crippen molar-refractivity contribution in [2.45, 2.75) is 88.6 Å². The van der Waals surface area contributed by atoms with Crippen LogP contribution in [0.4, 0.5) is 17.6 Å². The fourth-order valence-corrected chi connectivity index (χ4v) is 5.17. The van der Waals surface area contributed by atoms with E-state index in [0.717, 1.165) is 12.7 Å². The number of halogens is 4. The summed E-state index contributed by atoms with van der Waals surface area (Å²) in [4.78, 5) is 2.57. The van der Waals surface area contributed by atoms with Crippen molar-refractivity contribution >= 4 is 9.84 Å². The number of hydrogen-bond acceptors (Lipinski definition) is 4. The first kappa shape index (κ1) is 30.9. The lowest BCUT2D eigenvalue weighted by atomic mass is 9.70. The molecule has 1 aliphatic heterocycles. The summed E-state index contributed by atoms with van der Waals surface area (Å²) in [5.41, 5.74) is -3.26. The molecule has 1 aromatic carbocycles. The van der Waals surface area contributed by atoms with Crippen molar-refractivity contribution in [1.82, 2.24) is 4.98 Å². The summed E-state index contributed by atoms with van der Waals surface area (Å²) in [6.45, 7) is 6.84. The largest absolute Gasteiger partial charge is 0.493 e. The van der Waals surface area contributed by atoms with Crippen molar-refractivity contribution in [3.63, 3.8) is 0 Å². The molecule has 3 rings (SSSR count). The number of benzene rings is 1. The number of ether oxygens (including phenoxy) is 1. The molecule has 0 saturated carbocycles. The van der Waals surface area contributed by atoms with E-state index in [2.05, 4.69) is 24.1 Å². The van der Waals surface area contributed by atoms with Crippen molar-refractivity contribution in [2.24, 2.45) is 0 Å². The number of alkyl halides is 4. The van der Waals surface area contributed by atoms with E-state index in [9.17, 15) is 31.1 Å². The average molecular weight is 548 g/mol. The number of hydrogen-bond donors (Lipinski definition) is 2. The Morgan fingerprint density at radius 3 is 2.27 bits per heavy atom. The van der Waals surface area contributed by atoms with Crippen molar-refractivity contribution in [3.8, 4) is 5.75 Å². The van der Waals surface area contributed by atoms with E-state index in [1.54, 1.807) is 13.8 Å². The Morgan fingerprint density at radius 1 is 1.16 bits per heavy atom. The van der Waals surface area contributed by atoms with Gasteiger partial charge in [0.2, 0.25) is 0 Å². The Hall–Kier alpha value is -2.33. The van der Waals surface area contributed by atoms with Gasteiger partial charge in [-0.05, 0) is 61.4 Å². The lowest BCUT2D eigenvalue weighted by molar-refractivity contribution is -0.267. The van der Waals surface area contributed by atoms with Gasteiger partial charge in [-0.15, -0.1) is 0 Å². The number of aromatic nitrogens is 1. The maximum absolute atomic E-state index is 14.1. The van der Waals surface area contributed by atoms with E-state index in [0.29, 0.717) is 29.9 Å². The molecule has 0 aliphatic carbocycles. The molecule has 2 atom stereocenters. The van der Waals surface area contributed by atoms with Gasteiger partial charge in [0.15, 0.2) is 15.4 Å². The number of rotatable bonds is 9. The van der Waals surface area contributed by atoms with Crippen LogP contribution in [0, 0.1) is 0 Å². The molecular weight excluding hydrogens is 510 g/mol. The highest BCUT2D eigenvalue weighted by Gasteiger charge is 2.57. The second kappa shape index (κ2) is 12.0. The van der Waals surface area contributed by atoms with Crippen molar-refractivity contribution in [1.29, 1.82) is 0 Å². The van der Waals surface area contributed by atoms with E-state index in [4.69, 9.17) is 4.74 Å². The smallest absolute Gasteiger partial charge is 0.417 e. The predicted molar refractivity (Wildman–Crippen MR) is 136 cm³/mol. The fraction of sp³-hybridized carbons (Fsp3) is 0.556. The topological polar surface area (TPSA) is 79.4 Å². The number of H-pyrrole nitrogens is 1. The molecule has 2 heterocycles. The Morgan fingerprint density at radius 2 is 1.81 bits per heavy atom. The lowest BCUT2D eigenvalue weighted by Gasteiger charge is -2.40. The third-order valence-electron chi connectivity index (χ3n) is 6.73. The molecule has 5 nitrogen and oxygen atoms in total. The molecule has 1 aliphatic rings. The third kappa shape index (κ3) is 7.37. The zero-order valence-corrected chi connectivity index (χ0v) is 22.8. The molecule has 2 unspecified atom stereocenters. The minimum absolute atomic E-state index is 0.00364.